The lowest BCUT2D eigenvalue weighted by molar-refractivity contribution is -0.136. The zero-order chi connectivity index (χ0) is 15.4. The van der Waals surface area contributed by atoms with Gasteiger partial charge in [-0.25, -0.2) is 0 Å². The summed E-state index contributed by atoms with van der Waals surface area (Å²) in [6.07, 6.45) is 0.145. The van der Waals surface area contributed by atoms with Gasteiger partial charge in [0.2, 0.25) is 17.7 Å². The Morgan fingerprint density at radius 3 is 2.67 bits per heavy atom. The molecule has 2 rings (SSSR count). The maximum Gasteiger partial charge on any atom is 0.240 e. The second-order valence-electron chi connectivity index (χ2n) is 4.71. The van der Waals surface area contributed by atoms with Crippen molar-refractivity contribution in [1.29, 1.82) is 0 Å². The van der Waals surface area contributed by atoms with E-state index in [2.05, 4.69) is 10.6 Å². The van der Waals surface area contributed by atoms with Crippen LogP contribution < -0.4 is 16.4 Å². The van der Waals surface area contributed by atoms with Crippen LogP contribution in [0.4, 0.5) is 11.4 Å². The van der Waals surface area contributed by atoms with Crippen molar-refractivity contribution in [2.24, 2.45) is 0 Å². The van der Waals surface area contributed by atoms with E-state index in [9.17, 15) is 14.4 Å². The van der Waals surface area contributed by atoms with Crippen LogP contribution in [0.5, 0.6) is 0 Å². The van der Waals surface area contributed by atoms with E-state index in [4.69, 9.17) is 17.3 Å². The number of hydrogen-bond acceptors (Lipinski definition) is 5. The second kappa shape index (κ2) is 6.55. The monoisotopic (exact) mass is 310 g/mol. The topological polar surface area (TPSA) is 105 Å². The van der Waals surface area contributed by atoms with Crippen LogP contribution in [0.2, 0.25) is 5.02 Å². The smallest absolute Gasteiger partial charge is 0.240 e. The molecule has 7 nitrogen and oxygen atoms in total. The van der Waals surface area contributed by atoms with Gasteiger partial charge in [0.1, 0.15) is 0 Å². The van der Waals surface area contributed by atoms with Crippen molar-refractivity contribution in [3.05, 3.63) is 23.2 Å². The Labute approximate surface area is 126 Å². The SMILES string of the molecule is Nc1ccc(Cl)cc1NC(=O)CCN1CC(=O)NC(=O)C1. The lowest BCUT2D eigenvalue weighted by Crippen LogP contribution is -2.51. The van der Waals surface area contributed by atoms with Crippen LogP contribution in [0.1, 0.15) is 6.42 Å². The van der Waals surface area contributed by atoms with Crippen molar-refractivity contribution in [3.63, 3.8) is 0 Å². The molecule has 1 heterocycles. The summed E-state index contributed by atoms with van der Waals surface area (Å²) in [6.45, 7) is 0.530. The average molecular weight is 311 g/mol. The fourth-order valence-electron chi connectivity index (χ4n) is 1.96. The zero-order valence-corrected chi connectivity index (χ0v) is 11.9. The average Bonchev–Trinajstić information content (AvgIpc) is 2.40. The number of amides is 3. The molecule has 112 valence electrons. The quantitative estimate of drug-likeness (QED) is 0.545. The molecule has 0 radical (unpaired) electrons. The van der Waals surface area contributed by atoms with Gasteiger partial charge in [-0.15, -0.1) is 0 Å². The van der Waals surface area contributed by atoms with E-state index >= 15 is 0 Å². The van der Waals surface area contributed by atoms with E-state index in [-0.39, 0.29) is 37.2 Å². The van der Waals surface area contributed by atoms with E-state index < -0.39 is 0 Å². The van der Waals surface area contributed by atoms with Gasteiger partial charge in [-0.05, 0) is 18.2 Å². The molecule has 1 aliphatic heterocycles. The van der Waals surface area contributed by atoms with Gasteiger partial charge in [0.05, 0.1) is 24.5 Å². The predicted molar refractivity (Wildman–Crippen MR) is 78.7 cm³/mol. The lowest BCUT2D eigenvalue weighted by Gasteiger charge is -2.24. The number of carbonyl (C=O) groups is 3. The molecule has 0 aromatic heterocycles. The van der Waals surface area contributed by atoms with Gasteiger partial charge in [0, 0.05) is 18.0 Å². The molecule has 1 aromatic carbocycles. The summed E-state index contributed by atoms with van der Waals surface area (Å²) in [7, 11) is 0. The van der Waals surface area contributed by atoms with Crippen LogP contribution in [-0.2, 0) is 14.4 Å². The summed E-state index contributed by atoms with van der Waals surface area (Å²) >= 11 is 5.83. The minimum Gasteiger partial charge on any atom is -0.397 e. The van der Waals surface area contributed by atoms with Crippen molar-refractivity contribution in [2.45, 2.75) is 6.42 Å². The Morgan fingerprint density at radius 2 is 2.00 bits per heavy atom. The second-order valence-corrected chi connectivity index (χ2v) is 5.15. The molecule has 3 amide bonds. The molecular weight excluding hydrogens is 296 g/mol. The number of halogens is 1. The highest BCUT2D eigenvalue weighted by Crippen LogP contribution is 2.22. The molecule has 1 saturated heterocycles. The van der Waals surface area contributed by atoms with E-state index in [0.29, 0.717) is 22.9 Å². The molecule has 4 N–H and O–H groups in total. The van der Waals surface area contributed by atoms with Gasteiger partial charge in [-0.2, -0.15) is 0 Å². The normalized spacial score (nSPS) is 15.7. The van der Waals surface area contributed by atoms with Gasteiger partial charge in [-0.1, -0.05) is 11.6 Å². The zero-order valence-electron chi connectivity index (χ0n) is 11.2. The predicted octanol–water partition coefficient (Wildman–Crippen LogP) is 0.209. The first-order valence-corrected chi connectivity index (χ1v) is 6.72. The van der Waals surface area contributed by atoms with Crippen molar-refractivity contribution in [1.82, 2.24) is 10.2 Å². The third-order valence-electron chi connectivity index (χ3n) is 2.96. The largest absolute Gasteiger partial charge is 0.397 e. The van der Waals surface area contributed by atoms with Gasteiger partial charge < -0.3 is 11.1 Å². The van der Waals surface area contributed by atoms with Crippen molar-refractivity contribution in [3.8, 4) is 0 Å². The minimum absolute atomic E-state index is 0.109. The molecule has 21 heavy (non-hydrogen) atoms. The Morgan fingerprint density at radius 1 is 1.33 bits per heavy atom. The first kappa shape index (κ1) is 15.3. The fourth-order valence-corrected chi connectivity index (χ4v) is 2.14. The summed E-state index contributed by atoms with van der Waals surface area (Å²) in [4.78, 5) is 35.9. The fraction of sp³-hybridized carbons (Fsp3) is 0.308. The van der Waals surface area contributed by atoms with Crippen molar-refractivity contribution < 1.29 is 14.4 Å². The summed E-state index contributed by atoms with van der Waals surface area (Å²) < 4.78 is 0. The molecule has 0 unspecified atom stereocenters. The van der Waals surface area contributed by atoms with Gasteiger partial charge in [0.25, 0.3) is 0 Å². The molecule has 1 fully saturated rings. The van der Waals surface area contributed by atoms with Crippen LogP contribution in [0.25, 0.3) is 0 Å². The van der Waals surface area contributed by atoms with Crippen molar-refractivity contribution in [2.75, 3.05) is 30.7 Å². The number of rotatable bonds is 4. The number of nitrogens with zero attached hydrogens (tertiary/aromatic N) is 1. The highest BCUT2D eigenvalue weighted by atomic mass is 35.5. The first-order valence-electron chi connectivity index (χ1n) is 6.34. The Hall–Kier alpha value is -2.12. The molecule has 0 atom stereocenters. The minimum atomic E-state index is -0.356. The highest BCUT2D eigenvalue weighted by Gasteiger charge is 2.22. The van der Waals surface area contributed by atoms with E-state index in [1.54, 1.807) is 23.1 Å². The number of piperazine rings is 1. The third-order valence-corrected chi connectivity index (χ3v) is 3.19. The van der Waals surface area contributed by atoms with Gasteiger partial charge in [0.15, 0.2) is 0 Å². The number of imide groups is 1. The third kappa shape index (κ3) is 4.44. The number of nitrogen functional groups attached to an aromatic ring is 1. The van der Waals surface area contributed by atoms with Crippen molar-refractivity contribution >= 4 is 40.7 Å². The van der Waals surface area contributed by atoms with Crippen LogP contribution in [0.3, 0.4) is 0 Å². The maximum atomic E-state index is 11.9. The summed E-state index contributed by atoms with van der Waals surface area (Å²) in [5, 5.41) is 5.32. The van der Waals surface area contributed by atoms with Crippen LogP contribution in [-0.4, -0.2) is 42.3 Å². The van der Waals surface area contributed by atoms with E-state index in [1.165, 1.54) is 0 Å². The van der Waals surface area contributed by atoms with Crippen LogP contribution in [0, 0.1) is 0 Å². The van der Waals surface area contributed by atoms with Gasteiger partial charge >= 0.3 is 0 Å². The summed E-state index contributed by atoms with van der Waals surface area (Å²) in [5.74, 6) is -0.973. The Bertz CT molecular complexity index is 575. The standard InChI is InChI=1S/C13H15ClN4O3/c14-8-1-2-9(15)10(5-8)16-11(19)3-4-18-6-12(20)17-13(21)7-18/h1-2,5H,3-4,6-7,15H2,(H,16,19)(H,17,20,21). The maximum absolute atomic E-state index is 11.9. The number of nitrogens with two attached hydrogens (primary N) is 1. The molecular formula is C13H15ClN4O3. The molecule has 1 aliphatic rings. The number of anilines is 2. The Balaban J connectivity index is 1.86. The molecule has 1 aromatic rings. The number of benzene rings is 1. The first-order chi connectivity index (χ1) is 9.94. The molecule has 0 spiro atoms. The van der Waals surface area contributed by atoms with Gasteiger partial charge in [-0.3, -0.25) is 24.6 Å². The molecule has 8 heteroatoms. The molecule has 0 bridgehead atoms. The Kier molecular flexibility index (Phi) is 4.77. The number of hydrogen-bond donors (Lipinski definition) is 3. The summed E-state index contributed by atoms with van der Waals surface area (Å²) in [6, 6.07) is 4.79. The summed E-state index contributed by atoms with van der Waals surface area (Å²) in [5.41, 5.74) is 6.59. The molecule has 0 saturated carbocycles. The number of nitrogens with one attached hydrogen (secondary N) is 2. The van der Waals surface area contributed by atoms with Crippen LogP contribution in [0.15, 0.2) is 18.2 Å². The highest BCUT2D eigenvalue weighted by molar-refractivity contribution is 6.31. The van der Waals surface area contributed by atoms with E-state index in [1.807, 2.05) is 0 Å². The number of carbonyl (C=O) groups excluding carboxylic acids is 3. The molecule has 0 aliphatic carbocycles. The van der Waals surface area contributed by atoms with E-state index in [0.717, 1.165) is 0 Å². The lowest BCUT2D eigenvalue weighted by atomic mass is 10.2. The van der Waals surface area contributed by atoms with Crippen LogP contribution >= 0.6 is 11.6 Å².